The van der Waals surface area contributed by atoms with Crippen molar-refractivity contribution in [2.24, 2.45) is 11.8 Å². The Bertz CT molecular complexity index is 41.4. The van der Waals surface area contributed by atoms with Crippen molar-refractivity contribution in [2.75, 3.05) is 6.67 Å². The van der Waals surface area contributed by atoms with Crippen LogP contribution in [0.25, 0.3) is 0 Å². The van der Waals surface area contributed by atoms with Crippen LogP contribution in [0.15, 0.2) is 0 Å². The normalized spacial score (nSPS) is 15.0. The van der Waals surface area contributed by atoms with E-state index in [1.54, 1.807) is 0 Å². The van der Waals surface area contributed by atoms with Gasteiger partial charge in [0.05, 0.1) is 6.67 Å². The van der Waals surface area contributed by atoms with Crippen LogP contribution in [-0.2, 0) is 0 Å². The molecule has 0 spiro atoms. The molecule has 0 aromatic rings. The SMILES string of the molecule is CC(C)[C@H](C)CF. The average molecular weight is 104 g/mol. The van der Waals surface area contributed by atoms with Gasteiger partial charge in [0, 0.05) is 0 Å². The van der Waals surface area contributed by atoms with Gasteiger partial charge in [-0.3, -0.25) is 4.39 Å². The highest BCUT2D eigenvalue weighted by atomic mass is 19.1. The summed E-state index contributed by atoms with van der Waals surface area (Å²) in [5.74, 6) is 0.727. The van der Waals surface area contributed by atoms with Gasteiger partial charge in [-0.15, -0.1) is 0 Å². The minimum absolute atomic E-state index is 0.183. The molecule has 0 aliphatic carbocycles. The lowest BCUT2D eigenvalue weighted by atomic mass is 10.0. The molecule has 0 aromatic heterocycles. The molecular formula is C6H13F. The minimum atomic E-state index is -0.183. The third-order valence-corrected chi connectivity index (χ3v) is 1.38. The van der Waals surface area contributed by atoms with Crippen molar-refractivity contribution in [1.82, 2.24) is 0 Å². The van der Waals surface area contributed by atoms with Crippen molar-refractivity contribution in [2.45, 2.75) is 20.8 Å². The highest BCUT2D eigenvalue weighted by Gasteiger charge is 2.03. The monoisotopic (exact) mass is 104 g/mol. The molecule has 0 bridgehead atoms. The Balaban J connectivity index is 3.14. The Morgan fingerprint density at radius 2 is 1.71 bits per heavy atom. The van der Waals surface area contributed by atoms with E-state index in [-0.39, 0.29) is 12.6 Å². The summed E-state index contributed by atoms with van der Waals surface area (Å²) in [7, 11) is 0. The van der Waals surface area contributed by atoms with E-state index in [1.807, 2.05) is 20.8 Å². The number of hydrogen-bond acceptors (Lipinski definition) is 0. The van der Waals surface area contributed by atoms with Crippen LogP contribution in [0.5, 0.6) is 0 Å². The summed E-state index contributed by atoms with van der Waals surface area (Å²) in [6.45, 7) is 5.80. The van der Waals surface area contributed by atoms with E-state index in [2.05, 4.69) is 0 Å². The molecule has 0 rings (SSSR count). The van der Waals surface area contributed by atoms with Crippen LogP contribution in [0.2, 0.25) is 0 Å². The van der Waals surface area contributed by atoms with Crippen LogP contribution >= 0.6 is 0 Å². The lowest BCUT2D eigenvalue weighted by molar-refractivity contribution is 0.311. The second-order valence-corrected chi connectivity index (χ2v) is 2.38. The van der Waals surface area contributed by atoms with Crippen molar-refractivity contribution < 1.29 is 4.39 Å². The van der Waals surface area contributed by atoms with Gasteiger partial charge >= 0.3 is 0 Å². The summed E-state index contributed by atoms with van der Waals surface area (Å²) >= 11 is 0. The van der Waals surface area contributed by atoms with Gasteiger partial charge in [0.15, 0.2) is 0 Å². The highest BCUT2D eigenvalue weighted by Crippen LogP contribution is 2.08. The van der Waals surface area contributed by atoms with Crippen LogP contribution < -0.4 is 0 Å². The van der Waals surface area contributed by atoms with Gasteiger partial charge in [-0.05, 0) is 11.8 Å². The van der Waals surface area contributed by atoms with Crippen molar-refractivity contribution in [3.63, 3.8) is 0 Å². The maximum Gasteiger partial charge on any atom is 0.0922 e. The van der Waals surface area contributed by atoms with Crippen LogP contribution in [0, 0.1) is 11.8 Å². The molecule has 0 aliphatic rings. The molecule has 0 amide bonds. The van der Waals surface area contributed by atoms with E-state index in [4.69, 9.17) is 0 Å². The highest BCUT2D eigenvalue weighted by molar-refractivity contribution is 4.52. The second kappa shape index (κ2) is 3.00. The Morgan fingerprint density at radius 3 is 1.71 bits per heavy atom. The molecule has 44 valence electrons. The predicted molar refractivity (Wildman–Crippen MR) is 30.0 cm³/mol. The maximum absolute atomic E-state index is 11.6. The largest absolute Gasteiger partial charge is 0.251 e. The first-order valence-electron chi connectivity index (χ1n) is 2.74. The Kier molecular flexibility index (Phi) is 2.97. The summed E-state index contributed by atoms with van der Waals surface area (Å²) in [6, 6.07) is 0. The first-order chi connectivity index (χ1) is 3.18. The fourth-order valence-electron chi connectivity index (χ4n) is 0.178. The Morgan fingerprint density at radius 1 is 1.29 bits per heavy atom. The van der Waals surface area contributed by atoms with Crippen LogP contribution in [0.1, 0.15) is 20.8 Å². The van der Waals surface area contributed by atoms with E-state index in [0.29, 0.717) is 5.92 Å². The summed E-state index contributed by atoms with van der Waals surface area (Å²) in [5, 5.41) is 0. The number of alkyl halides is 1. The average Bonchev–Trinajstić information content (AvgIpc) is 1.65. The molecule has 0 saturated carbocycles. The summed E-state index contributed by atoms with van der Waals surface area (Å²) in [4.78, 5) is 0. The quantitative estimate of drug-likeness (QED) is 0.504. The van der Waals surface area contributed by atoms with Gasteiger partial charge in [-0.2, -0.15) is 0 Å². The van der Waals surface area contributed by atoms with E-state index in [0.717, 1.165) is 0 Å². The van der Waals surface area contributed by atoms with E-state index >= 15 is 0 Å². The lowest BCUT2D eigenvalue weighted by Gasteiger charge is -2.08. The molecule has 0 nitrogen and oxygen atoms in total. The van der Waals surface area contributed by atoms with Crippen LogP contribution in [-0.4, -0.2) is 6.67 Å². The first-order valence-corrected chi connectivity index (χ1v) is 2.74. The topological polar surface area (TPSA) is 0 Å². The fraction of sp³-hybridized carbons (Fsp3) is 1.00. The number of hydrogen-bond donors (Lipinski definition) is 0. The zero-order chi connectivity index (χ0) is 5.86. The second-order valence-electron chi connectivity index (χ2n) is 2.38. The third kappa shape index (κ3) is 2.60. The van der Waals surface area contributed by atoms with Gasteiger partial charge in [0.1, 0.15) is 0 Å². The maximum atomic E-state index is 11.6. The molecule has 0 aliphatic heterocycles. The Hall–Kier alpha value is -0.0700. The zero-order valence-corrected chi connectivity index (χ0v) is 5.24. The van der Waals surface area contributed by atoms with Crippen molar-refractivity contribution >= 4 is 0 Å². The smallest absolute Gasteiger partial charge is 0.0922 e. The molecule has 0 saturated heterocycles. The van der Waals surface area contributed by atoms with E-state index in [9.17, 15) is 4.39 Å². The van der Waals surface area contributed by atoms with Crippen LogP contribution in [0.3, 0.4) is 0 Å². The molecule has 0 heterocycles. The minimum Gasteiger partial charge on any atom is -0.251 e. The Labute approximate surface area is 44.7 Å². The number of rotatable bonds is 2. The van der Waals surface area contributed by atoms with E-state index in [1.165, 1.54) is 0 Å². The number of halogens is 1. The molecule has 0 radical (unpaired) electrons. The van der Waals surface area contributed by atoms with Gasteiger partial charge in [-0.1, -0.05) is 20.8 Å². The molecule has 7 heavy (non-hydrogen) atoms. The van der Waals surface area contributed by atoms with Gasteiger partial charge in [-0.25, -0.2) is 0 Å². The van der Waals surface area contributed by atoms with E-state index < -0.39 is 0 Å². The molecule has 0 fully saturated rings. The first kappa shape index (κ1) is 6.93. The van der Waals surface area contributed by atoms with Crippen molar-refractivity contribution in [3.05, 3.63) is 0 Å². The summed E-state index contributed by atoms with van der Waals surface area (Å²) < 4.78 is 11.6. The van der Waals surface area contributed by atoms with Gasteiger partial charge in [0.25, 0.3) is 0 Å². The molecule has 0 unspecified atom stereocenters. The molecule has 1 atom stereocenters. The lowest BCUT2D eigenvalue weighted by Crippen LogP contribution is -2.04. The van der Waals surface area contributed by atoms with Crippen molar-refractivity contribution in [3.8, 4) is 0 Å². The standard InChI is InChI=1S/C6H13F/c1-5(2)6(3)4-7/h5-6H,4H2,1-3H3/t6-/m1/s1. The summed E-state index contributed by atoms with van der Waals surface area (Å²) in [5.41, 5.74) is 0. The molecule has 0 aromatic carbocycles. The molecule has 0 N–H and O–H groups in total. The van der Waals surface area contributed by atoms with Crippen molar-refractivity contribution in [1.29, 1.82) is 0 Å². The fourth-order valence-corrected chi connectivity index (χ4v) is 0.178. The summed E-state index contributed by atoms with van der Waals surface area (Å²) in [6.07, 6.45) is 0. The zero-order valence-electron chi connectivity index (χ0n) is 5.24. The predicted octanol–water partition coefficient (Wildman–Crippen LogP) is 2.25. The molecular weight excluding hydrogens is 91.1 g/mol. The van der Waals surface area contributed by atoms with Gasteiger partial charge < -0.3 is 0 Å². The van der Waals surface area contributed by atoms with Gasteiger partial charge in [0.2, 0.25) is 0 Å². The molecule has 1 heteroatoms. The van der Waals surface area contributed by atoms with Crippen LogP contribution in [0.4, 0.5) is 4.39 Å². The third-order valence-electron chi connectivity index (χ3n) is 1.38.